The quantitative estimate of drug-likeness (QED) is 0.423. The van der Waals surface area contributed by atoms with Crippen LogP contribution in [-0.4, -0.2) is 14.8 Å². The van der Waals surface area contributed by atoms with Crippen molar-refractivity contribution in [1.82, 2.24) is 14.8 Å². The first-order valence-electron chi connectivity index (χ1n) is 8.93. The molecule has 1 aromatic heterocycles. The molecule has 1 heterocycles. The van der Waals surface area contributed by atoms with Crippen molar-refractivity contribution in [2.45, 2.75) is 23.9 Å². The van der Waals surface area contributed by atoms with Crippen LogP contribution in [0.4, 0.5) is 0 Å². The number of thioether (sulfide) groups is 1. The van der Waals surface area contributed by atoms with Crippen LogP contribution >= 0.6 is 11.8 Å². The average Bonchev–Trinajstić information content (AvgIpc) is 3.07. The van der Waals surface area contributed by atoms with E-state index in [4.69, 9.17) is 4.74 Å². The largest absolute Gasteiger partial charge is 0.483 e. The number of para-hydroxylation sites is 1. The summed E-state index contributed by atoms with van der Waals surface area (Å²) in [6.45, 7) is 2.00. The van der Waals surface area contributed by atoms with Gasteiger partial charge in [0.1, 0.15) is 5.75 Å². The Balaban J connectivity index is 1.49. The van der Waals surface area contributed by atoms with Gasteiger partial charge in [-0.1, -0.05) is 72.4 Å². The van der Waals surface area contributed by atoms with Gasteiger partial charge in [0.15, 0.2) is 17.1 Å². The second-order valence-electron chi connectivity index (χ2n) is 6.40. The monoisotopic (exact) mass is 375 g/mol. The summed E-state index contributed by atoms with van der Waals surface area (Å²) in [4.78, 5) is 0. The number of rotatable bonds is 6. The smallest absolute Gasteiger partial charge is 0.191 e. The van der Waals surface area contributed by atoms with Gasteiger partial charge in [-0.3, -0.25) is 0 Å². The molecule has 0 fully saturated rings. The maximum Gasteiger partial charge on any atom is 0.191 e. The highest BCUT2D eigenvalue weighted by molar-refractivity contribution is 7.98. The highest BCUT2D eigenvalue weighted by Gasteiger charge is 2.17. The second-order valence-corrected chi connectivity index (χ2v) is 7.34. The molecule has 0 aliphatic carbocycles. The van der Waals surface area contributed by atoms with E-state index in [2.05, 4.69) is 52.7 Å². The van der Waals surface area contributed by atoms with E-state index in [1.54, 1.807) is 11.8 Å². The molecule has 0 N–H and O–H groups in total. The van der Waals surface area contributed by atoms with Crippen LogP contribution in [0.1, 0.15) is 24.4 Å². The zero-order valence-corrected chi connectivity index (χ0v) is 16.2. The van der Waals surface area contributed by atoms with Gasteiger partial charge in [0.05, 0.1) is 0 Å². The second kappa shape index (κ2) is 7.84. The Bertz CT molecular complexity index is 1040. The number of aromatic nitrogens is 3. The topological polar surface area (TPSA) is 39.9 Å². The highest BCUT2D eigenvalue weighted by atomic mass is 32.2. The summed E-state index contributed by atoms with van der Waals surface area (Å²) in [7, 11) is 1.99. The molecule has 1 atom stereocenters. The van der Waals surface area contributed by atoms with Crippen LogP contribution in [0.2, 0.25) is 0 Å². The fourth-order valence-corrected chi connectivity index (χ4v) is 4.04. The van der Waals surface area contributed by atoms with Crippen LogP contribution < -0.4 is 4.74 Å². The summed E-state index contributed by atoms with van der Waals surface area (Å²) in [5, 5.41) is 12.2. The molecule has 0 saturated carbocycles. The van der Waals surface area contributed by atoms with Crippen molar-refractivity contribution < 1.29 is 4.74 Å². The summed E-state index contributed by atoms with van der Waals surface area (Å²) < 4.78 is 8.00. The van der Waals surface area contributed by atoms with E-state index in [0.29, 0.717) is 0 Å². The van der Waals surface area contributed by atoms with Gasteiger partial charge in [-0.05, 0) is 35.4 Å². The normalized spacial score (nSPS) is 12.2. The predicted molar refractivity (Wildman–Crippen MR) is 110 cm³/mol. The molecule has 4 aromatic rings. The van der Waals surface area contributed by atoms with E-state index in [-0.39, 0.29) is 6.10 Å². The Hall–Kier alpha value is -2.79. The van der Waals surface area contributed by atoms with Gasteiger partial charge in [-0.2, -0.15) is 0 Å². The fourth-order valence-electron chi connectivity index (χ4n) is 3.12. The molecule has 0 spiro atoms. The molecule has 0 saturated heterocycles. The standard InChI is InChI=1S/C22H21N3OS/c1-16(26-19-12-4-3-5-13-19)21-23-24-22(25(21)2)27-15-18-11-8-10-17-9-6-7-14-20(17)18/h3-14,16H,15H2,1-2H3. The number of hydrogen-bond donors (Lipinski definition) is 0. The lowest BCUT2D eigenvalue weighted by Crippen LogP contribution is -2.10. The Labute approximate surface area is 163 Å². The van der Waals surface area contributed by atoms with Crippen LogP contribution in [0, 0.1) is 0 Å². The lowest BCUT2D eigenvalue weighted by Gasteiger charge is -2.14. The Morgan fingerprint density at radius 3 is 2.52 bits per heavy atom. The fraction of sp³-hybridized carbons (Fsp3) is 0.182. The molecule has 5 heteroatoms. The Morgan fingerprint density at radius 2 is 1.67 bits per heavy atom. The SMILES string of the molecule is CC(Oc1ccccc1)c1nnc(SCc2cccc3ccccc23)n1C. The third kappa shape index (κ3) is 3.83. The van der Waals surface area contributed by atoms with Crippen molar-refractivity contribution in [3.8, 4) is 5.75 Å². The first kappa shape index (κ1) is 17.6. The van der Waals surface area contributed by atoms with Gasteiger partial charge in [0.2, 0.25) is 0 Å². The van der Waals surface area contributed by atoms with E-state index in [9.17, 15) is 0 Å². The lowest BCUT2D eigenvalue weighted by molar-refractivity contribution is 0.211. The van der Waals surface area contributed by atoms with Crippen molar-refractivity contribution in [2.24, 2.45) is 7.05 Å². The minimum absolute atomic E-state index is 0.170. The third-order valence-corrected chi connectivity index (χ3v) is 5.59. The summed E-state index contributed by atoms with van der Waals surface area (Å²) in [5.41, 5.74) is 1.30. The van der Waals surface area contributed by atoms with Crippen molar-refractivity contribution in [1.29, 1.82) is 0 Å². The lowest BCUT2D eigenvalue weighted by atomic mass is 10.1. The number of ether oxygens (including phenoxy) is 1. The van der Waals surface area contributed by atoms with Crippen molar-refractivity contribution in [3.05, 3.63) is 84.2 Å². The molecule has 1 unspecified atom stereocenters. The van der Waals surface area contributed by atoms with E-state index in [1.807, 2.05) is 48.9 Å². The number of benzene rings is 3. The third-order valence-electron chi connectivity index (χ3n) is 4.52. The molecule has 4 rings (SSSR count). The summed E-state index contributed by atoms with van der Waals surface area (Å²) in [5.74, 6) is 2.50. The first-order valence-corrected chi connectivity index (χ1v) is 9.91. The molecule has 136 valence electrons. The average molecular weight is 375 g/mol. The molecule has 0 bridgehead atoms. The summed E-state index contributed by atoms with van der Waals surface area (Å²) in [6, 6.07) is 24.7. The highest BCUT2D eigenvalue weighted by Crippen LogP contribution is 2.28. The van der Waals surface area contributed by atoms with Crippen LogP contribution in [0.15, 0.2) is 78.0 Å². The predicted octanol–water partition coefficient (Wildman–Crippen LogP) is 5.40. The van der Waals surface area contributed by atoms with Crippen molar-refractivity contribution in [3.63, 3.8) is 0 Å². The maximum absolute atomic E-state index is 5.98. The van der Waals surface area contributed by atoms with E-state index < -0.39 is 0 Å². The van der Waals surface area contributed by atoms with Gasteiger partial charge in [0.25, 0.3) is 0 Å². The van der Waals surface area contributed by atoms with E-state index in [1.165, 1.54) is 16.3 Å². The molecule has 0 amide bonds. The molecular formula is C22H21N3OS. The summed E-state index contributed by atoms with van der Waals surface area (Å²) >= 11 is 1.69. The van der Waals surface area contributed by atoms with Gasteiger partial charge < -0.3 is 9.30 Å². The molecule has 0 aliphatic heterocycles. The minimum Gasteiger partial charge on any atom is -0.483 e. The van der Waals surface area contributed by atoms with Crippen molar-refractivity contribution in [2.75, 3.05) is 0 Å². The van der Waals surface area contributed by atoms with Gasteiger partial charge in [0, 0.05) is 12.8 Å². The molecule has 4 nitrogen and oxygen atoms in total. The zero-order valence-electron chi connectivity index (χ0n) is 15.4. The first-order chi connectivity index (χ1) is 13.2. The molecule has 27 heavy (non-hydrogen) atoms. The number of hydrogen-bond acceptors (Lipinski definition) is 4. The van der Waals surface area contributed by atoms with Crippen molar-refractivity contribution >= 4 is 22.5 Å². The minimum atomic E-state index is -0.170. The molecule has 0 aliphatic rings. The number of fused-ring (bicyclic) bond motifs is 1. The Kier molecular flexibility index (Phi) is 5.12. The van der Waals surface area contributed by atoms with Crippen LogP contribution in [0.3, 0.4) is 0 Å². The molecule has 3 aromatic carbocycles. The van der Waals surface area contributed by atoms with E-state index >= 15 is 0 Å². The summed E-state index contributed by atoms with van der Waals surface area (Å²) in [6.07, 6.45) is -0.170. The van der Waals surface area contributed by atoms with Crippen LogP contribution in [-0.2, 0) is 12.8 Å². The van der Waals surface area contributed by atoms with Crippen LogP contribution in [0.5, 0.6) is 5.75 Å². The van der Waals surface area contributed by atoms with Gasteiger partial charge in [-0.15, -0.1) is 10.2 Å². The molecular weight excluding hydrogens is 354 g/mol. The van der Waals surface area contributed by atoms with Gasteiger partial charge in [-0.25, -0.2) is 0 Å². The zero-order chi connectivity index (χ0) is 18.6. The molecule has 0 radical (unpaired) electrons. The van der Waals surface area contributed by atoms with Crippen LogP contribution in [0.25, 0.3) is 10.8 Å². The van der Waals surface area contributed by atoms with Gasteiger partial charge >= 0.3 is 0 Å². The number of nitrogens with zero attached hydrogens (tertiary/aromatic N) is 3. The van der Waals surface area contributed by atoms with E-state index in [0.717, 1.165) is 22.5 Å². The maximum atomic E-state index is 5.98. The Morgan fingerprint density at radius 1 is 0.926 bits per heavy atom.